The minimum atomic E-state index is -0.164. The average molecular weight is 395 g/mol. The lowest BCUT2D eigenvalue weighted by atomic mass is 9.90. The van der Waals surface area contributed by atoms with E-state index in [-0.39, 0.29) is 5.91 Å². The Morgan fingerprint density at radius 1 is 1.18 bits per heavy atom. The molecular formula is C23H26N2O2S. The molecule has 1 aliphatic rings. The quantitative estimate of drug-likeness (QED) is 0.590. The zero-order valence-corrected chi connectivity index (χ0v) is 17.3. The summed E-state index contributed by atoms with van der Waals surface area (Å²) < 4.78 is 8.83. The first-order valence-corrected chi connectivity index (χ1v) is 10.9. The van der Waals surface area contributed by atoms with E-state index in [0.717, 1.165) is 27.9 Å². The van der Waals surface area contributed by atoms with Crippen LogP contribution in [0.25, 0.3) is 10.2 Å². The summed E-state index contributed by atoms with van der Waals surface area (Å²) >= 11 is 1.57. The normalized spacial score (nSPS) is 14.4. The van der Waals surface area contributed by atoms with Crippen LogP contribution < -0.4 is 4.80 Å². The molecule has 3 aromatic rings. The monoisotopic (exact) mass is 394 g/mol. The number of nitrogens with zero attached hydrogens (tertiary/aromatic N) is 2. The first kappa shape index (κ1) is 19.1. The molecule has 0 N–H and O–H groups in total. The van der Waals surface area contributed by atoms with Gasteiger partial charge in [-0.2, -0.15) is 4.99 Å². The minimum Gasteiger partial charge on any atom is -0.380 e. The first-order valence-electron chi connectivity index (χ1n) is 10.0. The number of para-hydroxylation sites is 1. The fourth-order valence-corrected chi connectivity index (χ4v) is 5.05. The molecule has 28 heavy (non-hydrogen) atoms. The third-order valence-electron chi connectivity index (χ3n) is 5.36. The highest BCUT2D eigenvalue weighted by Crippen LogP contribution is 2.23. The van der Waals surface area contributed by atoms with Gasteiger partial charge in [-0.1, -0.05) is 29.5 Å². The molecule has 1 aliphatic carbocycles. The molecule has 0 saturated carbocycles. The van der Waals surface area contributed by atoms with Gasteiger partial charge in [0.25, 0.3) is 5.91 Å². The van der Waals surface area contributed by atoms with Crippen molar-refractivity contribution in [3.05, 3.63) is 63.5 Å². The molecular weight excluding hydrogens is 368 g/mol. The van der Waals surface area contributed by atoms with Crippen molar-refractivity contribution in [2.24, 2.45) is 4.99 Å². The largest absolute Gasteiger partial charge is 0.380 e. The van der Waals surface area contributed by atoms with Crippen LogP contribution in [0, 0.1) is 6.92 Å². The van der Waals surface area contributed by atoms with Gasteiger partial charge in [0.05, 0.1) is 16.8 Å². The van der Waals surface area contributed by atoms with Crippen molar-refractivity contribution in [1.82, 2.24) is 4.57 Å². The molecule has 4 rings (SSSR count). The summed E-state index contributed by atoms with van der Waals surface area (Å²) in [6, 6.07) is 12.3. The number of amides is 1. The third kappa shape index (κ3) is 3.82. The number of hydrogen-bond acceptors (Lipinski definition) is 3. The van der Waals surface area contributed by atoms with Gasteiger partial charge >= 0.3 is 0 Å². The number of thiazole rings is 1. The lowest BCUT2D eigenvalue weighted by Crippen LogP contribution is -2.20. The topological polar surface area (TPSA) is 43.6 Å². The Morgan fingerprint density at radius 2 is 2.00 bits per heavy atom. The summed E-state index contributed by atoms with van der Waals surface area (Å²) in [5, 5.41) is 0. The van der Waals surface area contributed by atoms with Gasteiger partial charge in [0.15, 0.2) is 4.80 Å². The molecule has 0 unspecified atom stereocenters. The zero-order valence-electron chi connectivity index (χ0n) is 16.5. The molecule has 0 saturated heterocycles. The standard InChI is InChI=1S/C23H26N2O2S/c1-3-27-14-13-25-21-16(2)7-6-10-20(21)28-23(25)24-22(26)19-12-11-17-8-4-5-9-18(17)15-19/h6-7,10-12,15H,3-5,8-9,13-14H2,1-2H3. The second-order valence-corrected chi connectivity index (χ2v) is 8.27. The summed E-state index contributed by atoms with van der Waals surface area (Å²) in [4.78, 5) is 18.2. The van der Waals surface area contributed by atoms with Crippen LogP contribution in [0.3, 0.4) is 0 Å². The van der Waals surface area contributed by atoms with Crippen molar-refractivity contribution in [2.75, 3.05) is 13.2 Å². The van der Waals surface area contributed by atoms with Gasteiger partial charge in [-0.3, -0.25) is 4.79 Å². The molecule has 146 valence electrons. The summed E-state index contributed by atoms with van der Waals surface area (Å²) in [6.07, 6.45) is 4.63. The van der Waals surface area contributed by atoms with E-state index in [0.29, 0.717) is 25.3 Å². The van der Waals surface area contributed by atoms with Crippen molar-refractivity contribution in [3.63, 3.8) is 0 Å². The van der Waals surface area contributed by atoms with Crippen LogP contribution in [0.1, 0.15) is 46.8 Å². The number of aryl methyl sites for hydroxylation is 3. The molecule has 4 nitrogen and oxygen atoms in total. The van der Waals surface area contributed by atoms with Gasteiger partial charge in [-0.15, -0.1) is 0 Å². The van der Waals surface area contributed by atoms with E-state index in [1.54, 1.807) is 11.3 Å². The van der Waals surface area contributed by atoms with Gasteiger partial charge in [0.1, 0.15) is 0 Å². The van der Waals surface area contributed by atoms with E-state index in [1.807, 2.05) is 19.1 Å². The van der Waals surface area contributed by atoms with Gasteiger partial charge in [-0.25, -0.2) is 0 Å². The zero-order chi connectivity index (χ0) is 19.5. The molecule has 1 heterocycles. The fourth-order valence-electron chi connectivity index (χ4n) is 3.92. The van der Waals surface area contributed by atoms with Gasteiger partial charge in [0.2, 0.25) is 0 Å². The highest BCUT2D eigenvalue weighted by atomic mass is 32.1. The second-order valence-electron chi connectivity index (χ2n) is 7.26. The first-order chi connectivity index (χ1) is 13.7. The van der Waals surface area contributed by atoms with Crippen LogP contribution in [0.2, 0.25) is 0 Å². The Hall–Kier alpha value is -2.24. The maximum atomic E-state index is 12.9. The predicted molar refractivity (Wildman–Crippen MR) is 114 cm³/mol. The molecule has 2 aromatic carbocycles. The number of carbonyl (C=O) groups is 1. The lowest BCUT2D eigenvalue weighted by Gasteiger charge is -2.15. The Bertz CT molecular complexity index is 1080. The highest BCUT2D eigenvalue weighted by Gasteiger charge is 2.14. The summed E-state index contributed by atoms with van der Waals surface area (Å²) in [6.45, 7) is 6.07. The van der Waals surface area contributed by atoms with E-state index >= 15 is 0 Å². The van der Waals surface area contributed by atoms with E-state index < -0.39 is 0 Å². The molecule has 1 aromatic heterocycles. The van der Waals surface area contributed by atoms with Crippen LogP contribution in [0.5, 0.6) is 0 Å². The van der Waals surface area contributed by atoms with Crippen LogP contribution in [-0.4, -0.2) is 23.7 Å². The maximum absolute atomic E-state index is 12.9. The average Bonchev–Trinajstić information content (AvgIpc) is 3.06. The van der Waals surface area contributed by atoms with Gasteiger partial charge in [0, 0.05) is 18.7 Å². The Labute approximate surface area is 169 Å². The molecule has 0 atom stereocenters. The molecule has 1 amide bonds. The molecule has 0 spiro atoms. The Balaban J connectivity index is 1.74. The molecule has 0 radical (unpaired) electrons. The number of benzene rings is 2. The van der Waals surface area contributed by atoms with E-state index in [1.165, 1.54) is 29.5 Å². The number of fused-ring (bicyclic) bond motifs is 2. The van der Waals surface area contributed by atoms with Crippen molar-refractivity contribution in [2.45, 2.75) is 46.1 Å². The van der Waals surface area contributed by atoms with Gasteiger partial charge in [-0.05, 0) is 74.4 Å². The van der Waals surface area contributed by atoms with E-state index in [2.05, 4.69) is 40.7 Å². The number of carbonyl (C=O) groups excluding carboxylic acids is 1. The highest BCUT2D eigenvalue weighted by molar-refractivity contribution is 7.16. The van der Waals surface area contributed by atoms with Crippen LogP contribution in [-0.2, 0) is 24.1 Å². The van der Waals surface area contributed by atoms with Crippen molar-refractivity contribution in [1.29, 1.82) is 0 Å². The molecule has 0 bridgehead atoms. The lowest BCUT2D eigenvalue weighted by molar-refractivity contribution is 0.0996. The van der Waals surface area contributed by atoms with E-state index in [9.17, 15) is 4.79 Å². The second kappa shape index (κ2) is 8.41. The van der Waals surface area contributed by atoms with Crippen molar-refractivity contribution >= 4 is 27.5 Å². The number of ether oxygens (including phenoxy) is 1. The summed E-state index contributed by atoms with van der Waals surface area (Å²) in [5.41, 5.74) is 5.71. The summed E-state index contributed by atoms with van der Waals surface area (Å²) in [5.74, 6) is -0.164. The number of rotatable bonds is 5. The maximum Gasteiger partial charge on any atom is 0.279 e. The SMILES string of the molecule is CCOCCn1c(=NC(=O)c2ccc3c(c2)CCCC3)sc2cccc(C)c21. The van der Waals surface area contributed by atoms with Crippen molar-refractivity contribution < 1.29 is 9.53 Å². The van der Waals surface area contributed by atoms with Crippen LogP contribution >= 0.6 is 11.3 Å². The number of hydrogen-bond donors (Lipinski definition) is 0. The molecule has 0 fully saturated rings. The number of aromatic nitrogens is 1. The van der Waals surface area contributed by atoms with Gasteiger partial charge < -0.3 is 9.30 Å². The molecule has 0 aliphatic heterocycles. The Morgan fingerprint density at radius 3 is 2.82 bits per heavy atom. The third-order valence-corrected chi connectivity index (χ3v) is 6.40. The Kier molecular flexibility index (Phi) is 5.74. The summed E-state index contributed by atoms with van der Waals surface area (Å²) in [7, 11) is 0. The molecule has 5 heteroatoms. The fraction of sp³-hybridized carbons (Fsp3) is 0.391. The van der Waals surface area contributed by atoms with Crippen LogP contribution in [0.15, 0.2) is 41.4 Å². The minimum absolute atomic E-state index is 0.164. The smallest absolute Gasteiger partial charge is 0.279 e. The van der Waals surface area contributed by atoms with Crippen molar-refractivity contribution in [3.8, 4) is 0 Å². The van der Waals surface area contributed by atoms with Crippen LogP contribution in [0.4, 0.5) is 0 Å². The van der Waals surface area contributed by atoms with E-state index in [4.69, 9.17) is 4.74 Å². The predicted octanol–water partition coefficient (Wildman–Crippen LogP) is 4.67.